The van der Waals surface area contributed by atoms with Gasteiger partial charge in [-0.1, -0.05) is 17.7 Å². The molecule has 2 N–H and O–H groups in total. The first-order chi connectivity index (χ1) is 10.1. The number of aryl methyl sites for hydroxylation is 1. The fourth-order valence-corrected chi connectivity index (χ4v) is 2.59. The molecular weight excluding hydrogens is 284 g/mol. The quantitative estimate of drug-likeness (QED) is 0.699. The molecule has 1 aromatic heterocycles. The van der Waals surface area contributed by atoms with Crippen LogP contribution in [-0.2, 0) is 6.54 Å². The number of fused-ring (bicyclic) bond motifs is 1. The van der Waals surface area contributed by atoms with Crippen molar-refractivity contribution in [1.82, 2.24) is 4.98 Å². The number of rotatable bonds is 3. The Morgan fingerprint density at radius 1 is 1.19 bits per heavy atom. The second-order valence-corrected chi connectivity index (χ2v) is 5.37. The Morgan fingerprint density at radius 3 is 2.86 bits per heavy atom. The lowest BCUT2D eigenvalue weighted by atomic mass is 10.1. The molecule has 0 radical (unpaired) electrons. The summed E-state index contributed by atoms with van der Waals surface area (Å²) < 4.78 is 0. The molecule has 4 heteroatoms. The highest BCUT2D eigenvalue weighted by molar-refractivity contribution is 6.35. The van der Waals surface area contributed by atoms with Gasteiger partial charge in [0.1, 0.15) is 5.75 Å². The van der Waals surface area contributed by atoms with Crippen LogP contribution in [0.15, 0.2) is 48.7 Å². The fourth-order valence-electron chi connectivity index (χ4n) is 2.38. The SMILES string of the molecule is Cc1cc(O)ccc1NCc1ccc(Cl)c2cccnc12. The number of nitrogens with one attached hydrogen (secondary N) is 1. The average Bonchev–Trinajstić information content (AvgIpc) is 2.48. The molecule has 0 saturated heterocycles. The van der Waals surface area contributed by atoms with E-state index in [1.54, 1.807) is 18.3 Å². The molecule has 3 rings (SSSR count). The molecule has 0 unspecified atom stereocenters. The van der Waals surface area contributed by atoms with Crippen molar-refractivity contribution in [2.24, 2.45) is 0 Å². The number of phenolic OH excluding ortho intramolecular Hbond substituents is 1. The molecule has 0 amide bonds. The highest BCUT2D eigenvalue weighted by atomic mass is 35.5. The predicted molar refractivity (Wildman–Crippen MR) is 86.9 cm³/mol. The Kier molecular flexibility index (Phi) is 3.67. The van der Waals surface area contributed by atoms with Crippen molar-refractivity contribution in [3.8, 4) is 5.75 Å². The first-order valence-corrected chi connectivity index (χ1v) is 7.08. The van der Waals surface area contributed by atoms with Crippen molar-refractivity contribution in [1.29, 1.82) is 0 Å². The van der Waals surface area contributed by atoms with Crippen LogP contribution in [0.1, 0.15) is 11.1 Å². The lowest BCUT2D eigenvalue weighted by molar-refractivity contribution is 0.475. The number of nitrogens with zero attached hydrogens (tertiary/aromatic N) is 1. The molecule has 106 valence electrons. The Morgan fingerprint density at radius 2 is 2.05 bits per heavy atom. The summed E-state index contributed by atoms with van der Waals surface area (Å²) in [5, 5.41) is 14.5. The van der Waals surface area contributed by atoms with Crippen LogP contribution in [0.4, 0.5) is 5.69 Å². The van der Waals surface area contributed by atoms with Gasteiger partial charge in [0.15, 0.2) is 0 Å². The van der Waals surface area contributed by atoms with Gasteiger partial charge in [0.25, 0.3) is 0 Å². The normalized spacial score (nSPS) is 10.8. The van der Waals surface area contributed by atoms with Crippen LogP contribution in [0.2, 0.25) is 5.02 Å². The molecule has 0 bridgehead atoms. The maximum atomic E-state index is 9.44. The zero-order valence-corrected chi connectivity index (χ0v) is 12.4. The van der Waals surface area contributed by atoms with Crippen LogP contribution in [0.5, 0.6) is 5.75 Å². The van der Waals surface area contributed by atoms with Crippen LogP contribution in [0, 0.1) is 6.92 Å². The molecule has 0 aliphatic rings. The molecule has 0 saturated carbocycles. The highest BCUT2D eigenvalue weighted by Gasteiger charge is 2.06. The average molecular weight is 299 g/mol. The third kappa shape index (κ3) is 2.78. The van der Waals surface area contributed by atoms with Gasteiger partial charge in [0.05, 0.1) is 5.52 Å². The van der Waals surface area contributed by atoms with E-state index in [1.807, 2.05) is 37.3 Å². The van der Waals surface area contributed by atoms with Crippen molar-refractivity contribution in [2.75, 3.05) is 5.32 Å². The van der Waals surface area contributed by atoms with Crippen molar-refractivity contribution >= 4 is 28.2 Å². The molecule has 3 aromatic rings. The van der Waals surface area contributed by atoms with Crippen LogP contribution >= 0.6 is 11.6 Å². The number of pyridine rings is 1. The molecule has 21 heavy (non-hydrogen) atoms. The molecule has 0 aliphatic carbocycles. The van der Waals surface area contributed by atoms with Gasteiger partial charge < -0.3 is 10.4 Å². The summed E-state index contributed by atoms with van der Waals surface area (Å²) in [6.45, 7) is 2.61. The maximum Gasteiger partial charge on any atom is 0.115 e. The van der Waals surface area contributed by atoms with Crippen molar-refractivity contribution in [3.05, 3.63) is 64.8 Å². The van der Waals surface area contributed by atoms with Gasteiger partial charge >= 0.3 is 0 Å². The van der Waals surface area contributed by atoms with E-state index in [1.165, 1.54) is 0 Å². The lowest BCUT2D eigenvalue weighted by Crippen LogP contribution is -2.02. The van der Waals surface area contributed by atoms with Gasteiger partial charge in [-0.05, 0) is 54.4 Å². The summed E-state index contributed by atoms with van der Waals surface area (Å²) in [7, 11) is 0. The predicted octanol–water partition coefficient (Wildman–Crippen LogP) is 4.51. The largest absolute Gasteiger partial charge is 0.508 e. The Balaban J connectivity index is 1.90. The molecular formula is C17H15ClN2O. The van der Waals surface area contributed by atoms with Crippen molar-refractivity contribution in [2.45, 2.75) is 13.5 Å². The second kappa shape index (κ2) is 5.62. The van der Waals surface area contributed by atoms with Crippen LogP contribution in [0.25, 0.3) is 10.9 Å². The van der Waals surface area contributed by atoms with Crippen molar-refractivity contribution < 1.29 is 5.11 Å². The topological polar surface area (TPSA) is 45.1 Å². The van der Waals surface area contributed by atoms with Gasteiger partial charge in [-0.25, -0.2) is 0 Å². The van der Waals surface area contributed by atoms with Gasteiger partial charge in [-0.3, -0.25) is 4.98 Å². The van der Waals surface area contributed by atoms with E-state index in [-0.39, 0.29) is 5.75 Å². The summed E-state index contributed by atoms with van der Waals surface area (Å²) in [6, 6.07) is 13.0. The summed E-state index contributed by atoms with van der Waals surface area (Å²) in [5.74, 6) is 0.275. The summed E-state index contributed by atoms with van der Waals surface area (Å²) in [4.78, 5) is 4.43. The Labute approximate surface area is 128 Å². The minimum Gasteiger partial charge on any atom is -0.508 e. The van der Waals surface area contributed by atoms with Crippen molar-refractivity contribution in [3.63, 3.8) is 0 Å². The van der Waals surface area contributed by atoms with Gasteiger partial charge in [-0.15, -0.1) is 0 Å². The summed E-state index contributed by atoms with van der Waals surface area (Å²) in [5.41, 5.74) is 3.99. The third-order valence-corrected chi connectivity index (χ3v) is 3.81. The molecule has 0 aliphatic heterocycles. The number of halogens is 1. The Hall–Kier alpha value is -2.26. The molecule has 3 nitrogen and oxygen atoms in total. The van der Waals surface area contributed by atoms with Gasteiger partial charge in [0.2, 0.25) is 0 Å². The number of phenols is 1. The zero-order chi connectivity index (χ0) is 14.8. The minimum atomic E-state index is 0.275. The fraction of sp³-hybridized carbons (Fsp3) is 0.118. The number of hydrogen-bond acceptors (Lipinski definition) is 3. The lowest BCUT2D eigenvalue weighted by Gasteiger charge is -2.12. The van der Waals surface area contributed by atoms with E-state index in [0.29, 0.717) is 11.6 Å². The third-order valence-electron chi connectivity index (χ3n) is 3.48. The van der Waals surface area contributed by atoms with E-state index < -0.39 is 0 Å². The number of aromatic hydroxyl groups is 1. The van der Waals surface area contributed by atoms with Crippen LogP contribution in [-0.4, -0.2) is 10.1 Å². The van der Waals surface area contributed by atoms with E-state index in [2.05, 4.69) is 10.3 Å². The van der Waals surface area contributed by atoms with E-state index in [0.717, 1.165) is 27.7 Å². The molecule has 0 fully saturated rings. The molecule has 0 spiro atoms. The number of hydrogen-bond donors (Lipinski definition) is 2. The monoisotopic (exact) mass is 298 g/mol. The highest BCUT2D eigenvalue weighted by Crippen LogP contribution is 2.26. The minimum absolute atomic E-state index is 0.275. The first kappa shape index (κ1) is 13.7. The summed E-state index contributed by atoms with van der Waals surface area (Å²) >= 11 is 6.20. The molecule has 1 heterocycles. The number of aromatic nitrogens is 1. The first-order valence-electron chi connectivity index (χ1n) is 6.71. The van der Waals surface area contributed by atoms with Crippen LogP contribution < -0.4 is 5.32 Å². The number of benzene rings is 2. The van der Waals surface area contributed by atoms with E-state index in [4.69, 9.17) is 11.6 Å². The maximum absolute atomic E-state index is 9.44. The number of anilines is 1. The van der Waals surface area contributed by atoms with Gasteiger partial charge in [-0.2, -0.15) is 0 Å². The molecule has 0 atom stereocenters. The van der Waals surface area contributed by atoms with E-state index in [9.17, 15) is 5.11 Å². The standard InChI is InChI=1S/C17H15ClN2O/c1-11-9-13(21)5-7-16(11)20-10-12-4-6-15(18)14-3-2-8-19-17(12)14/h2-9,20-21H,10H2,1H3. The van der Waals surface area contributed by atoms with E-state index >= 15 is 0 Å². The van der Waals surface area contributed by atoms with Gasteiger partial charge in [0, 0.05) is 28.8 Å². The smallest absolute Gasteiger partial charge is 0.115 e. The zero-order valence-electron chi connectivity index (χ0n) is 11.6. The second-order valence-electron chi connectivity index (χ2n) is 4.96. The molecule has 2 aromatic carbocycles. The summed E-state index contributed by atoms with van der Waals surface area (Å²) in [6.07, 6.45) is 1.77. The Bertz CT molecular complexity index is 802. The van der Waals surface area contributed by atoms with Crippen LogP contribution in [0.3, 0.4) is 0 Å².